The van der Waals surface area contributed by atoms with Gasteiger partial charge in [0.1, 0.15) is 82.6 Å². The summed E-state index contributed by atoms with van der Waals surface area (Å²) in [4.78, 5) is 88.8. The zero-order valence-corrected chi connectivity index (χ0v) is 60.9. The summed E-state index contributed by atoms with van der Waals surface area (Å²) in [5, 5.41) is 17.4. The van der Waals surface area contributed by atoms with E-state index in [0.717, 1.165) is 84.1 Å². The van der Waals surface area contributed by atoms with Gasteiger partial charge in [-0.15, -0.1) is 0 Å². The van der Waals surface area contributed by atoms with Gasteiger partial charge < -0.3 is 32.9 Å². The Labute approximate surface area is 632 Å². The first-order chi connectivity index (χ1) is 53.3. The van der Waals surface area contributed by atoms with E-state index in [1.54, 1.807) is 79.7 Å². The van der Waals surface area contributed by atoms with E-state index in [9.17, 15) is 19.2 Å². The van der Waals surface area contributed by atoms with E-state index in [1.165, 1.54) is 53.1 Å². The number of amides is 2. The number of nitrogen functional groups attached to an aromatic ring is 1. The Bertz CT molecular complexity index is 5310. The SMILES string of the molecule is CC(=O)c1ccc(Cc2nc(-c3ccc(C)cc3)co2)cn1.Cc1ccc(-c2coc(Cc3ccc(C(=O)NO)nc3)n2)cc1.Cc1ccc(-c2coc(Cc3ccc(C(=O)NOCc4ccccc4)nc3)n2)cc1.Cc1ccc(-c2coc(Cc3ccc(C(=O)O)nc3)n2)cc1.Cc1ccc(-c2coc(N)n2)cc1. The molecule has 24 nitrogen and oxygen atoms in total. The van der Waals surface area contributed by atoms with Crippen molar-refractivity contribution in [1.82, 2.24) is 55.8 Å². The minimum Gasteiger partial charge on any atom is -0.477 e. The number of rotatable bonds is 20. The molecule has 9 heterocycles. The number of nitrogens with two attached hydrogens (primary N) is 1. The number of nitrogens with zero attached hydrogens (tertiary/aromatic N) is 9. The number of pyridine rings is 4. The summed E-state index contributed by atoms with van der Waals surface area (Å²) >= 11 is 0. The summed E-state index contributed by atoms with van der Waals surface area (Å²) in [6, 6.07) is 63.8. The Hall–Kier alpha value is -14.2. The fraction of sp³-hybridized carbons (Fsp3) is 0.128. The van der Waals surface area contributed by atoms with Crippen LogP contribution in [-0.4, -0.2) is 78.7 Å². The summed E-state index contributed by atoms with van der Waals surface area (Å²) in [6.07, 6.45) is 16.5. The Morgan fingerprint density at radius 1 is 0.364 bits per heavy atom. The van der Waals surface area contributed by atoms with Crippen molar-refractivity contribution in [3.63, 3.8) is 0 Å². The first-order valence-electron chi connectivity index (χ1n) is 34.6. The number of hydroxylamine groups is 2. The monoisotopic (exact) mass is 1470 g/mol. The number of carbonyl (C=O) groups is 4. The van der Waals surface area contributed by atoms with Crippen LogP contribution in [0, 0.1) is 34.6 Å². The zero-order valence-electron chi connectivity index (χ0n) is 60.9. The predicted molar refractivity (Wildman–Crippen MR) is 411 cm³/mol. The number of carboxylic acid groups (broad SMARTS) is 1. The number of hydrogen-bond donors (Lipinski definition) is 5. The number of hydrogen-bond acceptors (Lipinski definition) is 21. The van der Waals surface area contributed by atoms with E-state index >= 15 is 0 Å². The van der Waals surface area contributed by atoms with Gasteiger partial charge in [-0.2, -0.15) is 4.98 Å². The van der Waals surface area contributed by atoms with Gasteiger partial charge in [-0.25, -0.2) is 40.7 Å². The molecule has 0 unspecified atom stereocenters. The number of carboxylic acids is 1. The van der Waals surface area contributed by atoms with Gasteiger partial charge in [0, 0.05) is 59.5 Å². The topological polar surface area (TPSA) is 350 Å². The molecule has 15 rings (SSSR count). The minimum absolute atomic E-state index is 0.0245. The highest BCUT2D eigenvalue weighted by Gasteiger charge is 2.16. The average Bonchev–Trinajstić information content (AvgIpc) is 1.73. The molecule has 0 aliphatic rings. The van der Waals surface area contributed by atoms with Crippen LogP contribution >= 0.6 is 0 Å². The molecule has 110 heavy (non-hydrogen) atoms. The molecule has 9 aromatic heterocycles. The van der Waals surface area contributed by atoms with Gasteiger partial charge in [-0.05, 0) is 86.7 Å². The molecule has 0 aliphatic carbocycles. The molecule has 15 aromatic rings. The van der Waals surface area contributed by atoms with E-state index < -0.39 is 17.8 Å². The van der Waals surface area contributed by atoms with Crippen LogP contribution in [0.5, 0.6) is 0 Å². The second kappa shape index (κ2) is 37.7. The standard InChI is InChI=1S/C24H21N3O3.C18H16N2O2.C17H15N3O3.C17H14N2O3.C10H10N2O/c1-17-7-10-20(11-8-17)22-16-29-23(26-22)13-19-9-12-21(25-14-19)24(28)27-30-15-18-5-3-2-4-6-18;1-12-3-6-15(7-4-12)17-11-22-18(20-17)9-14-5-8-16(13(2)21)19-10-14;1-11-2-5-13(6-3-11)15-10-23-16(19-15)8-12-4-7-14(18-9-12)17(21)20-22;1-11-2-5-13(6-3-11)15-10-22-16(19-15)8-12-4-7-14(17(20)21)18-9-12;1-7-2-4-8(5-3-7)9-6-13-10(11)12-9/h2-12,14,16H,13,15H2,1H3,(H,27,28);3-8,10-11H,9H2,1-2H3;2-7,9-10,22H,8H2,1H3,(H,20,21);2-7,9-10H,8H2,1H3,(H,20,21);2-6H,1H3,(H2,11,12). The molecule has 6 N–H and O–H groups in total. The van der Waals surface area contributed by atoms with Crippen molar-refractivity contribution in [2.45, 2.75) is 73.8 Å². The van der Waals surface area contributed by atoms with Crippen molar-refractivity contribution in [2.24, 2.45) is 0 Å². The van der Waals surface area contributed by atoms with E-state index in [4.69, 9.17) is 43.0 Å². The fourth-order valence-corrected chi connectivity index (χ4v) is 10.4. The number of Topliss-reactive ketones (excluding diaryl/α,β-unsaturated/α-hetero) is 1. The molecule has 24 heteroatoms. The number of nitrogens with one attached hydrogen (secondary N) is 2. The van der Waals surface area contributed by atoms with Crippen LogP contribution in [0.25, 0.3) is 56.3 Å². The normalized spacial score (nSPS) is 10.6. The van der Waals surface area contributed by atoms with Crippen LogP contribution in [0.3, 0.4) is 0 Å². The van der Waals surface area contributed by atoms with Crippen LogP contribution in [0.4, 0.5) is 6.01 Å². The van der Waals surface area contributed by atoms with Crippen LogP contribution in [0.1, 0.15) is 128 Å². The lowest BCUT2D eigenvalue weighted by Gasteiger charge is -2.06. The third-order valence-corrected chi connectivity index (χ3v) is 16.6. The average molecular weight is 1470 g/mol. The van der Waals surface area contributed by atoms with Crippen molar-refractivity contribution < 1.29 is 56.4 Å². The lowest BCUT2D eigenvalue weighted by molar-refractivity contribution is 0.0229. The first-order valence-corrected chi connectivity index (χ1v) is 34.6. The van der Waals surface area contributed by atoms with Gasteiger partial charge in [0.25, 0.3) is 17.8 Å². The third kappa shape index (κ3) is 22.6. The van der Waals surface area contributed by atoms with Crippen molar-refractivity contribution >= 4 is 29.6 Å². The third-order valence-electron chi connectivity index (χ3n) is 16.6. The molecular weight excluding hydrogens is 1390 g/mol. The van der Waals surface area contributed by atoms with Crippen LogP contribution in [-0.2, 0) is 37.1 Å². The number of aryl methyl sites for hydroxylation is 5. The van der Waals surface area contributed by atoms with E-state index in [1.807, 2.05) is 191 Å². The largest absolute Gasteiger partial charge is 0.477 e. The van der Waals surface area contributed by atoms with Gasteiger partial charge in [-0.3, -0.25) is 39.4 Å². The first kappa shape index (κ1) is 76.9. The highest BCUT2D eigenvalue weighted by Crippen LogP contribution is 2.26. The Morgan fingerprint density at radius 2 is 0.664 bits per heavy atom. The second-order valence-corrected chi connectivity index (χ2v) is 25.3. The molecule has 0 radical (unpaired) electrons. The van der Waals surface area contributed by atoms with Crippen LogP contribution in [0.2, 0.25) is 0 Å². The van der Waals surface area contributed by atoms with Gasteiger partial charge in [0.2, 0.25) is 0 Å². The van der Waals surface area contributed by atoms with Gasteiger partial charge >= 0.3 is 5.97 Å². The predicted octanol–water partition coefficient (Wildman–Crippen LogP) is 16.7. The minimum atomic E-state index is -1.04. The molecule has 0 saturated carbocycles. The quantitative estimate of drug-likeness (QED) is 0.0269. The molecule has 0 atom stereocenters. The maximum absolute atomic E-state index is 12.2. The maximum Gasteiger partial charge on any atom is 0.354 e. The van der Waals surface area contributed by atoms with E-state index in [-0.39, 0.29) is 35.5 Å². The smallest absolute Gasteiger partial charge is 0.354 e. The molecule has 0 saturated heterocycles. The summed E-state index contributed by atoms with van der Waals surface area (Å²) in [5.41, 5.74) is 29.8. The molecular formula is C86H76N12O12. The Morgan fingerprint density at radius 3 is 0.945 bits per heavy atom. The lowest BCUT2D eigenvalue weighted by Crippen LogP contribution is -2.24. The Balaban J connectivity index is 0.000000139. The molecule has 0 bridgehead atoms. The van der Waals surface area contributed by atoms with Crippen LogP contribution < -0.4 is 16.7 Å². The number of benzene rings is 6. The van der Waals surface area contributed by atoms with Gasteiger partial charge in [-0.1, -0.05) is 204 Å². The number of aromatic nitrogens is 9. The highest BCUT2D eigenvalue weighted by molar-refractivity contribution is 5.92. The van der Waals surface area contributed by atoms with Crippen LogP contribution in [0.15, 0.2) is 278 Å². The summed E-state index contributed by atoms with van der Waals surface area (Å²) in [5.74, 6) is 0.254. The molecule has 6 aromatic carbocycles. The van der Waals surface area contributed by atoms with Crippen molar-refractivity contribution in [2.75, 3.05) is 5.73 Å². The number of ketones is 1. The molecule has 0 fully saturated rings. The molecule has 0 aliphatic heterocycles. The number of aromatic carboxylic acids is 1. The van der Waals surface area contributed by atoms with E-state index in [0.29, 0.717) is 54.9 Å². The maximum atomic E-state index is 12.2. The number of carbonyl (C=O) groups excluding carboxylic acids is 3. The number of oxazole rings is 5. The molecule has 0 spiro atoms. The summed E-state index contributed by atoms with van der Waals surface area (Å²) in [6.45, 7) is 12.0. The van der Waals surface area contributed by atoms with Crippen molar-refractivity contribution in [1.29, 1.82) is 0 Å². The fourth-order valence-electron chi connectivity index (χ4n) is 10.4. The van der Waals surface area contributed by atoms with Gasteiger partial charge in [0.05, 0.1) is 32.3 Å². The molecule has 552 valence electrons. The van der Waals surface area contributed by atoms with E-state index in [2.05, 4.69) is 57.3 Å². The zero-order chi connectivity index (χ0) is 77.3. The molecule has 2 amide bonds. The van der Waals surface area contributed by atoms with Crippen molar-refractivity contribution in [3.05, 3.63) is 358 Å². The van der Waals surface area contributed by atoms with Crippen molar-refractivity contribution in [3.8, 4) is 56.3 Å². The number of anilines is 1. The second-order valence-electron chi connectivity index (χ2n) is 25.3. The summed E-state index contributed by atoms with van der Waals surface area (Å²) < 4.78 is 27.0. The summed E-state index contributed by atoms with van der Waals surface area (Å²) in [7, 11) is 0. The highest BCUT2D eigenvalue weighted by atomic mass is 16.6. The Kier molecular flexibility index (Phi) is 26.3. The van der Waals surface area contributed by atoms with Gasteiger partial charge in [0.15, 0.2) is 29.3 Å². The lowest BCUT2D eigenvalue weighted by atomic mass is 10.1.